The second-order valence-electron chi connectivity index (χ2n) is 10.5. The molecule has 1 N–H and O–H groups in total. The summed E-state index contributed by atoms with van der Waals surface area (Å²) in [5.74, 6) is 1.05. The monoisotopic (exact) mass is 428 g/mol. The van der Waals surface area contributed by atoms with Gasteiger partial charge in [-0.05, 0) is 93.5 Å². The van der Waals surface area contributed by atoms with E-state index in [9.17, 15) is 4.79 Å². The number of carbonyl (C=O) groups is 1. The van der Waals surface area contributed by atoms with Gasteiger partial charge in [0.25, 0.3) is 0 Å². The predicted octanol–water partition coefficient (Wildman–Crippen LogP) is 5.18. The fraction of sp³-hybridized carbons (Fsp3) is 0.500. The summed E-state index contributed by atoms with van der Waals surface area (Å²) in [5, 5.41) is 0. The van der Waals surface area contributed by atoms with Crippen molar-refractivity contribution in [1.29, 1.82) is 0 Å². The molecule has 3 aliphatic carbocycles. The SMILES string of the molecule is Cc1ccc2nc(C3(c4ccc5c(n4)CCCN5C(=O)OC4CC4)CC4(CC4)C3)[nH]c2c1. The zero-order chi connectivity index (χ0) is 21.5. The number of H-pyrrole nitrogens is 1. The van der Waals surface area contributed by atoms with Gasteiger partial charge in [0.2, 0.25) is 0 Å². The lowest BCUT2D eigenvalue weighted by molar-refractivity contribution is 0.144. The third-order valence-corrected chi connectivity index (χ3v) is 7.94. The van der Waals surface area contributed by atoms with E-state index in [0.29, 0.717) is 12.0 Å². The molecule has 0 unspecified atom stereocenters. The summed E-state index contributed by atoms with van der Waals surface area (Å²) < 4.78 is 5.58. The highest BCUT2D eigenvalue weighted by molar-refractivity contribution is 5.89. The van der Waals surface area contributed by atoms with Gasteiger partial charge in [-0.1, -0.05) is 6.07 Å². The van der Waals surface area contributed by atoms with Crippen molar-refractivity contribution < 1.29 is 9.53 Å². The van der Waals surface area contributed by atoms with E-state index in [0.717, 1.165) is 72.5 Å². The summed E-state index contributed by atoms with van der Waals surface area (Å²) in [6.07, 6.45) is 8.56. The van der Waals surface area contributed by atoms with E-state index < -0.39 is 0 Å². The molecule has 3 fully saturated rings. The summed E-state index contributed by atoms with van der Waals surface area (Å²) in [6, 6.07) is 10.6. The number of nitrogens with one attached hydrogen (secondary N) is 1. The Bertz CT molecular complexity index is 1250. The molecule has 6 nitrogen and oxygen atoms in total. The molecule has 0 bridgehead atoms. The van der Waals surface area contributed by atoms with Gasteiger partial charge in [0.15, 0.2) is 0 Å². The zero-order valence-corrected chi connectivity index (χ0v) is 18.5. The fourth-order valence-electron chi connectivity index (χ4n) is 5.88. The maximum atomic E-state index is 12.7. The van der Waals surface area contributed by atoms with Crippen molar-refractivity contribution in [1.82, 2.24) is 15.0 Å². The van der Waals surface area contributed by atoms with Crippen LogP contribution in [-0.4, -0.2) is 33.7 Å². The number of anilines is 1. The molecule has 1 aromatic carbocycles. The highest BCUT2D eigenvalue weighted by atomic mass is 16.6. The molecular formula is C26H28N4O2. The molecule has 3 aromatic rings. The van der Waals surface area contributed by atoms with Gasteiger partial charge in [-0.3, -0.25) is 9.88 Å². The first-order chi connectivity index (χ1) is 15.5. The Morgan fingerprint density at radius 1 is 1.16 bits per heavy atom. The molecule has 3 saturated carbocycles. The number of rotatable bonds is 3. The third kappa shape index (κ3) is 2.81. The van der Waals surface area contributed by atoms with Crippen LogP contribution in [0.15, 0.2) is 30.3 Å². The Morgan fingerprint density at radius 3 is 2.78 bits per heavy atom. The number of pyridine rings is 1. The average molecular weight is 429 g/mol. The highest BCUT2D eigenvalue weighted by Gasteiger charge is 2.64. The maximum Gasteiger partial charge on any atom is 0.414 e. The highest BCUT2D eigenvalue weighted by Crippen LogP contribution is 2.70. The number of fused-ring (bicyclic) bond motifs is 2. The Balaban J connectivity index is 1.28. The number of carbonyl (C=O) groups excluding carboxylic acids is 1. The molecule has 7 rings (SSSR count). The van der Waals surface area contributed by atoms with E-state index >= 15 is 0 Å². The number of nitrogens with zero attached hydrogens (tertiary/aromatic N) is 3. The van der Waals surface area contributed by atoms with Gasteiger partial charge in [-0.2, -0.15) is 0 Å². The van der Waals surface area contributed by atoms with Crippen molar-refractivity contribution >= 4 is 22.8 Å². The van der Waals surface area contributed by atoms with Crippen molar-refractivity contribution in [2.24, 2.45) is 5.41 Å². The van der Waals surface area contributed by atoms with E-state index in [2.05, 4.69) is 42.2 Å². The first-order valence-corrected chi connectivity index (χ1v) is 12.0. The summed E-state index contributed by atoms with van der Waals surface area (Å²) in [5.41, 5.74) is 6.73. The minimum absolute atomic E-state index is 0.116. The molecule has 6 heteroatoms. The van der Waals surface area contributed by atoms with E-state index in [1.807, 2.05) is 0 Å². The molecule has 3 heterocycles. The minimum Gasteiger partial charge on any atom is -0.446 e. The van der Waals surface area contributed by atoms with Crippen LogP contribution in [0.5, 0.6) is 0 Å². The number of hydrogen-bond acceptors (Lipinski definition) is 4. The van der Waals surface area contributed by atoms with Crippen molar-refractivity contribution in [3.05, 3.63) is 53.1 Å². The second kappa shape index (κ2) is 6.33. The summed E-state index contributed by atoms with van der Waals surface area (Å²) in [4.78, 5) is 28.3. The molecule has 0 saturated heterocycles. The lowest BCUT2D eigenvalue weighted by Gasteiger charge is -2.47. The molecule has 0 radical (unpaired) electrons. The number of hydrogen-bond donors (Lipinski definition) is 1. The molecule has 1 aliphatic heterocycles. The van der Waals surface area contributed by atoms with Crippen LogP contribution in [-0.2, 0) is 16.6 Å². The topological polar surface area (TPSA) is 71.1 Å². The van der Waals surface area contributed by atoms with Crippen LogP contribution in [0.3, 0.4) is 0 Å². The molecule has 32 heavy (non-hydrogen) atoms. The first kappa shape index (κ1) is 18.7. The van der Waals surface area contributed by atoms with Gasteiger partial charge in [-0.25, -0.2) is 9.78 Å². The Hall–Kier alpha value is -2.89. The number of aryl methyl sites for hydroxylation is 2. The van der Waals surface area contributed by atoms with E-state index in [1.54, 1.807) is 4.90 Å². The quantitative estimate of drug-likeness (QED) is 0.624. The number of aromatic amines is 1. The number of imidazole rings is 1. The molecule has 0 atom stereocenters. The Labute approximate surface area is 187 Å². The van der Waals surface area contributed by atoms with Gasteiger partial charge < -0.3 is 9.72 Å². The van der Waals surface area contributed by atoms with Crippen molar-refractivity contribution in [2.45, 2.75) is 69.8 Å². The molecule has 1 amide bonds. The molecule has 4 aliphatic rings. The second-order valence-corrected chi connectivity index (χ2v) is 10.5. The van der Waals surface area contributed by atoms with Gasteiger partial charge in [0.05, 0.1) is 33.5 Å². The lowest BCUT2D eigenvalue weighted by Crippen LogP contribution is -2.45. The average Bonchev–Trinajstić information content (AvgIpc) is 3.69. The van der Waals surface area contributed by atoms with E-state index in [4.69, 9.17) is 14.7 Å². The fourth-order valence-corrected chi connectivity index (χ4v) is 5.88. The third-order valence-electron chi connectivity index (χ3n) is 7.94. The Kier molecular flexibility index (Phi) is 3.69. The molecule has 2 aromatic heterocycles. The standard InChI is InChI=1S/C26H28N4O2/c1-16-4-7-18-20(13-16)29-23(28-18)26(14-25(15-26)10-11-25)22-9-8-21-19(27-22)3-2-12-30(21)24(31)32-17-5-6-17/h4,7-9,13,17H,2-3,5-6,10-12,14-15H2,1H3,(H,28,29). The van der Waals surface area contributed by atoms with Crippen molar-refractivity contribution in [3.63, 3.8) is 0 Å². The molecule has 1 spiro atoms. The number of benzene rings is 1. The summed E-state index contributed by atoms with van der Waals surface area (Å²) in [6.45, 7) is 2.82. The molecule has 164 valence electrons. The molecular weight excluding hydrogens is 400 g/mol. The minimum atomic E-state index is -0.217. The van der Waals surface area contributed by atoms with Crippen LogP contribution < -0.4 is 4.90 Å². The lowest BCUT2D eigenvalue weighted by atomic mass is 9.57. The van der Waals surface area contributed by atoms with Crippen LogP contribution in [0.25, 0.3) is 11.0 Å². The van der Waals surface area contributed by atoms with Crippen molar-refractivity contribution in [2.75, 3.05) is 11.4 Å². The zero-order valence-electron chi connectivity index (χ0n) is 18.5. The number of ether oxygens (including phenoxy) is 1. The first-order valence-electron chi connectivity index (χ1n) is 12.0. The van der Waals surface area contributed by atoms with Crippen LogP contribution in [0.4, 0.5) is 10.5 Å². The Morgan fingerprint density at radius 2 is 2.00 bits per heavy atom. The van der Waals surface area contributed by atoms with Crippen LogP contribution >= 0.6 is 0 Å². The van der Waals surface area contributed by atoms with Crippen LogP contribution in [0.1, 0.15) is 67.7 Å². The summed E-state index contributed by atoms with van der Waals surface area (Å²) >= 11 is 0. The summed E-state index contributed by atoms with van der Waals surface area (Å²) in [7, 11) is 0. The van der Waals surface area contributed by atoms with Gasteiger partial charge >= 0.3 is 6.09 Å². The predicted molar refractivity (Wildman–Crippen MR) is 122 cm³/mol. The van der Waals surface area contributed by atoms with Gasteiger partial charge in [-0.15, -0.1) is 0 Å². The van der Waals surface area contributed by atoms with Crippen LogP contribution in [0, 0.1) is 12.3 Å². The van der Waals surface area contributed by atoms with Gasteiger partial charge in [0.1, 0.15) is 11.9 Å². The van der Waals surface area contributed by atoms with Crippen molar-refractivity contribution in [3.8, 4) is 0 Å². The smallest absolute Gasteiger partial charge is 0.414 e. The largest absolute Gasteiger partial charge is 0.446 e. The van der Waals surface area contributed by atoms with E-state index in [-0.39, 0.29) is 17.6 Å². The number of amides is 1. The van der Waals surface area contributed by atoms with E-state index in [1.165, 1.54) is 18.4 Å². The van der Waals surface area contributed by atoms with Crippen LogP contribution in [0.2, 0.25) is 0 Å². The maximum absolute atomic E-state index is 12.7. The van der Waals surface area contributed by atoms with Gasteiger partial charge in [0, 0.05) is 6.54 Å². The normalized spacial score (nSPS) is 22.5. The number of aromatic nitrogens is 3.